The maximum atomic E-state index is 14.4. The van der Waals surface area contributed by atoms with Gasteiger partial charge in [-0.1, -0.05) is 6.07 Å². The van der Waals surface area contributed by atoms with Crippen LogP contribution in [0, 0.1) is 18.6 Å². The predicted octanol–water partition coefficient (Wildman–Crippen LogP) is 2.65. The molecule has 2 N–H and O–H groups in total. The maximum absolute atomic E-state index is 14.4. The molecule has 7 heteroatoms. The van der Waals surface area contributed by atoms with E-state index in [2.05, 4.69) is 10.3 Å². The van der Waals surface area contributed by atoms with Crippen molar-refractivity contribution in [1.82, 2.24) is 4.98 Å². The van der Waals surface area contributed by atoms with Crippen molar-refractivity contribution in [3.05, 3.63) is 63.6 Å². The SMILES string of the molecule is Cc1cc(NC(=O)C2(c3ccc(F)cc3F)CCOCC2)c[nH]c1=O. The van der Waals surface area contributed by atoms with Crippen LogP contribution in [0.3, 0.4) is 0 Å². The fourth-order valence-electron chi connectivity index (χ4n) is 3.14. The Labute approximate surface area is 143 Å². The van der Waals surface area contributed by atoms with Gasteiger partial charge < -0.3 is 15.0 Å². The van der Waals surface area contributed by atoms with Crippen molar-refractivity contribution in [2.75, 3.05) is 18.5 Å². The van der Waals surface area contributed by atoms with Gasteiger partial charge in [0.2, 0.25) is 5.91 Å². The van der Waals surface area contributed by atoms with E-state index in [1.165, 1.54) is 12.3 Å². The van der Waals surface area contributed by atoms with E-state index >= 15 is 0 Å². The number of aromatic amines is 1. The summed E-state index contributed by atoms with van der Waals surface area (Å²) in [5.41, 5.74) is -0.387. The first-order valence-corrected chi connectivity index (χ1v) is 7.96. The highest BCUT2D eigenvalue weighted by Crippen LogP contribution is 2.37. The van der Waals surface area contributed by atoms with Gasteiger partial charge in [-0.3, -0.25) is 9.59 Å². The molecule has 2 aromatic rings. The normalized spacial score (nSPS) is 16.4. The third kappa shape index (κ3) is 3.32. The number of nitrogens with one attached hydrogen (secondary N) is 2. The number of aromatic nitrogens is 1. The summed E-state index contributed by atoms with van der Waals surface area (Å²) in [5.74, 6) is -1.86. The van der Waals surface area contributed by atoms with Gasteiger partial charge in [-0.25, -0.2) is 8.78 Å². The summed E-state index contributed by atoms with van der Waals surface area (Å²) < 4.78 is 33.0. The number of rotatable bonds is 3. The average molecular weight is 348 g/mol. The molecule has 0 saturated carbocycles. The quantitative estimate of drug-likeness (QED) is 0.896. The molecule has 0 bridgehead atoms. The lowest BCUT2D eigenvalue weighted by Gasteiger charge is -2.36. The number of carbonyl (C=O) groups excluding carboxylic acids is 1. The van der Waals surface area contributed by atoms with E-state index in [1.807, 2.05) is 0 Å². The van der Waals surface area contributed by atoms with Crippen LogP contribution in [0.4, 0.5) is 14.5 Å². The molecular weight excluding hydrogens is 330 g/mol. The van der Waals surface area contributed by atoms with E-state index in [-0.39, 0.29) is 24.0 Å². The monoisotopic (exact) mass is 348 g/mol. The maximum Gasteiger partial charge on any atom is 0.250 e. The van der Waals surface area contributed by atoms with E-state index in [0.717, 1.165) is 12.1 Å². The summed E-state index contributed by atoms with van der Waals surface area (Å²) >= 11 is 0. The minimum absolute atomic E-state index is 0.149. The zero-order chi connectivity index (χ0) is 18.0. The van der Waals surface area contributed by atoms with Crippen molar-refractivity contribution < 1.29 is 18.3 Å². The lowest BCUT2D eigenvalue weighted by atomic mass is 9.73. The van der Waals surface area contributed by atoms with Crippen LogP contribution < -0.4 is 10.9 Å². The van der Waals surface area contributed by atoms with Crippen molar-refractivity contribution in [3.63, 3.8) is 0 Å². The number of ether oxygens (including phenoxy) is 1. The first-order chi connectivity index (χ1) is 11.9. The highest BCUT2D eigenvalue weighted by molar-refractivity contribution is 5.99. The highest BCUT2D eigenvalue weighted by Gasteiger charge is 2.43. The number of carbonyl (C=O) groups is 1. The molecule has 1 aromatic heterocycles. The molecular formula is C18H18F2N2O3. The van der Waals surface area contributed by atoms with Gasteiger partial charge in [-0.2, -0.15) is 0 Å². The number of H-pyrrole nitrogens is 1. The molecule has 0 radical (unpaired) electrons. The van der Waals surface area contributed by atoms with Crippen molar-refractivity contribution >= 4 is 11.6 Å². The lowest BCUT2D eigenvalue weighted by Crippen LogP contribution is -2.45. The molecule has 2 heterocycles. The Hall–Kier alpha value is -2.54. The van der Waals surface area contributed by atoms with Crippen molar-refractivity contribution in [1.29, 1.82) is 0 Å². The van der Waals surface area contributed by atoms with E-state index < -0.39 is 23.0 Å². The molecule has 1 amide bonds. The van der Waals surface area contributed by atoms with Crippen LogP contribution in [-0.2, 0) is 14.9 Å². The molecule has 3 rings (SSSR count). The smallest absolute Gasteiger partial charge is 0.250 e. The van der Waals surface area contributed by atoms with Gasteiger partial charge in [0.1, 0.15) is 11.6 Å². The Morgan fingerprint density at radius 1 is 1.24 bits per heavy atom. The van der Waals surface area contributed by atoms with Gasteiger partial charge in [0.15, 0.2) is 0 Å². The summed E-state index contributed by atoms with van der Waals surface area (Å²) in [4.78, 5) is 27.0. The number of aryl methyl sites for hydroxylation is 1. The zero-order valence-corrected chi connectivity index (χ0v) is 13.7. The molecule has 0 atom stereocenters. The van der Waals surface area contributed by atoms with E-state index in [9.17, 15) is 18.4 Å². The Morgan fingerprint density at radius 3 is 2.60 bits per heavy atom. The third-order valence-electron chi connectivity index (χ3n) is 4.57. The van der Waals surface area contributed by atoms with Crippen LogP contribution in [0.1, 0.15) is 24.0 Å². The molecule has 0 spiro atoms. The second-order valence-electron chi connectivity index (χ2n) is 6.17. The van der Waals surface area contributed by atoms with Crippen LogP contribution in [0.2, 0.25) is 0 Å². The number of hydrogen-bond donors (Lipinski definition) is 2. The largest absolute Gasteiger partial charge is 0.381 e. The van der Waals surface area contributed by atoms with Crippen molar-refractivity contribution in [2.24, 2.45) is 0 Å². The number of benzene rings is 1. The highest BCUT2D eigenvalue weighted by atomic mass is 19.1. The second kappa shape index (κ2) is 6.76. The average Bonchev–Trinajstić information content (AvgIpc) is 2.58. The summed E-state index contributed by atoms with van der Waals surface area (Å²) in [6, 6.07) is 4.79. The van der Waals surface area contributed by atoms with Crippen molar-refractivity contribution in [2.45, 2.75) is 25.2 Å². The van der Waals surface area contributed by atoms with Crippen LogP contribution in [0.25, 0.3) is 0 Å². The zero-order valence-electron chi connectivity index (χ0n) is 13.7. The first-order valence-electron chi connectivity index (χ1n) is 7.96. The number of amides is 1. The summed E-state index contributed by atoms with van der Waals surface area (Å²) in [6.07, 6.45) is 1.95. The van der Waals surface area contributed by atoms with Crippen LogP contribution in [0.5, 0.6) is 0 Å². The van der Waals surface area contributed by atoms with Crippen LogP contribution in [-0.4, -0.2) is 24.1 Å². The Morgan fingerprint density at radius 2 is 1.96 bits per heavy atom. The van der Waals surface area contributed by atoms with Gasteiger partial charge in [0.05, 0.1) is 11.1 Å². The van der Waals surface area contributed by atoms with Crippen molar-refractivity contribution in [3.8, 4) is 0 Å². The summed E-state index contributed by atoms with van der Waals surface area (Å²) in [5, 5.41) is 2.74. The molecule has 0 unspecified atom stereocenters. The topological polar surface area (TPSA) is 71.2 Å². The number of halogens is 2. The number of pyridine rings is 1. The van der Waals surface area contributed by atoms with Gasteiger partial charge in [-0.05, 0) is 31.9 Å². The molecule has 25 heavy (non-hydrogen) atoms. The third-order valence-corrected chi connectivity index (χ3v) is 4.57. The molecule has 1 fully saturated rings. The van der Waals surface area contributed by atoms with Gasteiger partial charge in [0.25, 0.3) is 5.56 Å². The molecule has 5 nitrogen and oxygen atoms in total. The minimum atomic E-state index is -1.15. The van der Waals surface area contributed by atoms with Gasteiger partial charge in [-0.15, -0.1) is 0 Å². The minimum Gasteiger partial charge on any atom is -0.381 e. The Bertz CT molecular complexity index is 858. The van der Waals surface area contributed by atoms with Gasteiger partial charge >= 0.3 is 0 Å². The van der Waals surface area contributed by atoms with Crippen LogP contribution in [0.15, 0.2) is 35.3 Å². The molecule has 1 aliphatic heterocycles. The van der Waals surface area contributed by atoms with Gasteiger partial charge in [0, 0.05) is 36.6 Å². The molecule has 1 aromatic carbocycles. The van der Waals surface area contributed by atoms with E-state index in [1.54, 1.807) is 13.0 Å². The number of anilines is 1. The second-order valence-corrected chi connectivity index (χ2v) is 6.17. The Kier molecular flexibility index (Phi) is 4.67. The fourth-order valence-corrected chi connectivity index (χ4v) is 3.14. The van der Waals surface area contributed by atoms with Crippen LogP contribution >= 0.6 is 0 Å². The standard InChI is InChI=1S/C18H18F2N2O3/c1-11-8-13(10-21-16(11)23)22-17(24)18(4-6-25-7-5-18)14-3-2-12(19)9-15(14)20/h2-3,8-10H,4-7H2,1H3,(H,21,23)(H,22,24). The molecule has 0 aliphatic carbocycles. The summed E-state index contributed by atoms with van der Waals surface area (Å²) in [6.45, 7) is 2.22. The fraction of sp³-hybridized carbons (Fsp3) is 0.333. The molecule has 1 aliphatic rings. The Balaban J connectivity index is 1.98. The van der Waals surface area contributed by atoms with E-state index in [4.69, 9.17) is 4.74 Å². The molecule has 132 valence electrons. The van der Waals surface area contributed by atoms with E-state index in [0.29, 0.717) is 24.5 Å². The lowest BCUT2D eigenvalue weighted by molar-refractivity contribution is -0.125. The predicted molar refractivity (Wildman–Crippen MR) is 88.5 cm³/mol. The first kappa shape index (κ1) is 17.3. The number of hydrogen-bond acceptors (Lipinski definition) is 3. The molecule has 1 saturated heterocycles. The summed E-state index contributed by atoms with van der Waals surface area (Å²) in [7, 11) is 0.